The quantitative estimate of drug-likeness (QED) is 0.640. The summed E-state index contributed by atoms with van der Waals surface area (Å²) < 4.78 is 7.13. The van der Waals surface area contributed by atoms with Gasteiger partial charge in [0.1, 0.15) is 12.7 Å². The standard InChI is InChI=1S/C11H22N4O/c1-3-11(8-16-2)12-6-4-5-7-15-9-13-14-10-15/h9-12H,3-8H2,1-2H3. The van der Waals surface area contributed by atoms with E-state index in [-0.39, 0.29) is 0 Å². The predicted molar refractivity (Wildman–Crippen MR) is 63.2 cm³/mol. The van der Waals surface area contributed by atoms with Gasteiger partial charge >= 0.3 is 0 Å². The molecule has 0 aliphatic carbocycles. The Hall–Kier alpha value is -0.940. The van der Waals surface area contributed by atoms with Gasteiger partial charge in [-0.05, 0) is 25.8 Å². The Kier molecular flexibility index (Phi) is 6.76. The van der Waals surface area contributed by atoms with Crippen LogP contribution in [0.3, 0.4) is 0 Å². The van der Waals surface area contributed by atoms with Gasteiger partial charge in [0.2, 0.25) is 0 Å². The van der Waals surface area contributed by atoms with Crippen LogP contribution in [-0.2, 0) is 11.3 Å². The zero-order valence-electron chi connectivity index (χ0n) is 10.2. The first-order valence-corrected chi connectivity index (χ1v) is 5.91. The molecule has 0 radical (unpaired) electrons. The van der Waals surface area contributed by atoms with Crippen LogP contribution in [0.2, 0.25) is 0 Å². The molecule has 1 aromatic heterocycles. The van der Waals surface area contributed by atoms with E-state index in [1.165, 1.54) is 6.42 Å². The summed E-state index contributed by atoms with van der Waals surface area (Å²) in [6, 6.07) is 0.486. The normalized spacial score (nSPS) is 12.9. The molecule has 1 N–H and O–H groups in total. The molecule has 16 heavy (non-hydrogen) atoms. The van der Waals surface area contributed by atoms with E-state index in [1.54, 1.807) is 19.8 Å². The second-order valence-electron chi connectivity index (χ2n) is 3.92. The maximum absolute atomic E-state index is 5.13. The zero-order chi connectivity index (χ0) is 11.6. The molecule has 1 heterocycles. The van der Waals surface area contributed by atoms with Crippen molar-refractivity contribution in [2.45, 2.75) is 38.8 Å². The fourth-order valence-corrected chi connectivity index (χ4v) is 1.59. The summed E-state index contributed by atoms with van der Waals surface area (Å²) in [5, 5.41) is 11.0. The monoisotopic (exact) mass is 226 g/mol. The highest BCUT2D eigenvalue weighted by Crippen LogP contribution is 1.95. The summed E-state index contributed by atoms with van der Waals surface area (Å²) in [7, 11) is 1.75. The van der Waals surface area contributed by atoms with Gasteiger partial charge < -0.3 is 14.6 Å². The lowest BCUT2D eigenvalue weighted by atomic mass is 10.2. The van der Waals surface area contributed by atoms with Gasteiger partial charge in [-0.1, -0.05) is 6.92 Å². The number of nitrogens with zero attached hydrogens (tertiary/aromatic N) is 3. The van der Waals surface area contributed by atoms with Gasteiger partial charge in [-0.15, -0.1) is 10.2 Å². The van der Waals surface area contributed by atoms with Crippen LogP contribution in [0.15, 0.2) is 12.7 Å². The smallest absolute Gasteiger partial charge is 0.119 e. The minimum atomic E-state index is 0.486. The molecule has 0 amide bonds. The first kappa shape index (κ1) is 13.1. The lowest BCUT2D eigenvalue weighted by Gasteiger charge is -2.15. The highest BCUT2D eigenvalue weighted by molar-refractivity contribution is 4.64. The van der Waals surface area contributed by atoms with Crippen molar-refractivity contribution in [1.82, 2.24) is 20.1 Å². The van der Waals surface area contributed by atoms with Crippen LogP contribution < -0.4 is 5.32 Å². The number of hydrogen-bond acceptors (Lipinski definition) is 4. The van der Waals surface area contributed by atoms with E-state index in [9.17, 15) is 0 Å². The first-order chi connectivity index (χ1) is 7.86. The van der Waals surface area contributed by atoms with Crippen LogP contribution in [0, 0.1) is 0 Å². The third-order valence-corrected chi connectivity index (χ3v) is 2.60. The Labute approximate surface area is 97.2 Å². The largest absolute Gasteiger partial charge is 0.383 e. The van der Waals surface area contributed by atoms with Gasteiger partial charge in [0.25, 0.3) is 0 Å². The fourth-order valence-electron chi connectivity index (χ4n) is 1.59. The third-order valence-electron chi connectivity index (χ3n) is 2.60. The number of methoxy groups -OCH3 is 1. The zero-order valence-corrected chi connectivity index (χ0v) is 10.2. The van der Waals surface area contributed by atoms with Gasteiger partial charge in [0.15, 0.2) is 0 Å². The van der Waals surface area contributed by atoms with E-state index in [2.05, 4.69) is 22.4 Å². The molecule has 0 fully saturated rings. The number of nitrogens with one attached hydrogen (secondary N) is 1. The maximum Gasteiger partial charge on any atom is 0.119 e. The average Bonchev–Trinajstić information content (AvgIpc) is 2.80. The molecule has 92 valence electrons. The number of unbranched alkanes of at least 4 members (excludes halogenated alkanes) is 1. The number of aryl methyl sites for hydroxylation is 1. The van der Waals surface area contributed by atoms with E-state index in [0.717, 1.165) is 32.5 Å². The Bertz CT molecular complexity index is 250. The maximum atomic E-state index is 5.13. The fraction of sp³-hybridized carbons (Fsp3) is 0.818. The average molecular weight is 226 g/mol. The molecular formula is C11H22N4O. The van der Waals surface area contributed by atoms with Crippen molar-refractivity contribution in [3.63, 3.8) is 0 Å². The molecule has 0 aliphatic heterocycles. The van der Waals surface area contributed by atoms with Crippen molar-refractivity contribution in [2.75, 3.05) is 20.3 Å². The summed E-state index contributed by atoms with van der Waals surface area (Å²) in [5.41, 5.74) is 0. The van der Waals surface area contributed by atoms with E-state index in [4.69, 9.17) is 4.74 Å². The van der Waals surface area contributed by atoms with E-state index < -0.39 is 0 Å². The van der Waals surface area contributed by atoms with Crippen molar-refractivity contribution in [1.29, 1.82) is 0 Å². The molecule has 5 nitrogen and oxygen atoms in total. The molecule has 0 saturated carbocycles. The molecule has 5 heteroatoms. The Morgan fingerprint density at radius 3 is 2.69 bits per heavy atom. The minimum Gasteiger partial charge on any atom is -0.383 e. The van der Waals surface area contributed by atoms with Crippen molar-refractivity contribution >= 4 is 0 Å². The SMILES string of the molecule is CCC(COC)NCCCCn1cnnc1. The van der Waals surface area contributed by atoms with Crippen molar-refractivity contribution in [3.05, 3.63) is 12.7 Å². The summed E-state index contributed by atoms with van der Waals surface area (Å²) in [6.45, 7) is 5.01. The van der Waals surface area contributed by atoms with Crippen LogP contribution in [0.4, 0.5) is 0 Å². The van der Waals surface area contributed by atoms with Crippen molar-refractivity contribution in [3.8, 4) is 0 Å². The molecule has 1 rings (SSSR count). The summed E-state index contributed by atoms with van der Waals surface area (Å²) in [6.07, 6.45) is 6.94. The second kappa shape index (κ2) is 8.24. The summed E-state index contributed by atoms with van der Waals surface area (Å²) in [5.74, 6) is 0. The molecule has 0 aliphatic rings. The Morgan fingerprint density at radius 2 is 2.06 bits per heavy atom. The Balaban J connectivity index is 1.98. The molecule has 0 aromatic carbocycles. The van der Waals surface area contributed by atoms with E-state index >= 15 is 0 Å². The molecule has 1 unspecified atom stereocenters. The van der Waals surface area contributed by atoms with Gasteiger partial charge in [-0.2, -0.15) is 0 Å². The van der Waals surface area contributed by atoms with Gasteiger partial charge in [0, 0.05) is 19.7 Å². The first-order valence-electron chi connectivity index (χ1n) is 5.91. The predicted octanol–water partition coefficient (Wildman–Crippen LogP) is 1.07. The second-order valence-corrected chi connectivity index (χ2v) is 3.92. The molecule has 0 bridgehead atoms. The van der Waals surface area contributed by atoms with Crippen molar-refractivity contribution in [2.24, 2.45) is 0 Å². The number of hydrogen-bond donors (Lipinski definition) is 1. The lowest BCUT2D eigenvalue weighted by Crippen LogP contribution is -2.33. The number of ether oxygens (including phenoxy) is 1. The van der Waals surface area contributed by atoms with Gasteiger partial charge in [-0.3, -0.25) is 0 Å². The van der Waals surface area contributed by atoms with Crippen LogP contribution in [0.25, 0.3) is 0 Å². The lowest BCUT2D eigenvalue weighted by molar-refractivity contribution is 0.164. The molecular weight excluding hydrogens is 204 g/mol. The number of aromatic nitrogens is 3. The molecule has 0 spiro atoms. The summed E-state index contributed by atoms with van der Waals surface area (Å²) >= 11 is 0. The van der Waals surface area contributed by atoms with Crippen molar-refractivity contribution < 1.29 is 4.74 Å². The minimum absolute atomic E-state index is 0.486. The Morgan fingerprint density at radius 1 is 1.31 bits per heavy atom. The van der Waals surface area contributed by atoms with Crippen LogP contribution >= 0.6 is 0 Å². The van der Waals surface area contributed by atoms with Crippen LogP contribution in [-0.4, -0.2) is 41.1 Å². The van der Waals surface area contributed by atoms with Crippen LogP contribution in [0.5, 0.6) is 0 Å². The van der Waals surface area contributed by atoms with E-state index in [0.29, 0.717) is 6.04 Å². The molecule has 1 aromatic rings. The molecule has 0 saturated heterocycles. The highest BCUT2D eigenvalue weighted by Gasteiger charge is 2.03. The van der Waals surface area contributed by atoms with Gasteiger partial charge in [0.05, 0.1) is 6.61 Å². The highest BCUT2D eigenvalue weighted by atomic mass is 16.5. The van der Waals surface area contributed by atoms with Crippen LogP contribution in [0.1, 0.15) is 26.2 Å². The topological polar surface area (TPSA) is 52.0 Å². The summed E-state index contributed by atoms with van der Waals surface area (Å²) in [4.78, 5) is 0. The molecule has 1 atom stereocenters. The van der Waals surface area contributed by atoms with E-state index in [1.807, 2.05) is 4.57 Å². The number of rotatable bonds is 9. The third kappa shape index (κ3) is 5.23. The van der Waals surface area contributed by atoms with Gasteiger partial charge in [-0.25, -0.2) is 0 Å².